The third-order valence-corrected chi connectivity index (χ3v) is 11.6. The Morgan fingerprint density at radius 3 is 1.58 bits per heavy atom. The third-order valence-electron chi connectivity index (χ3n) is 11.6. The molecule has 0 atom stereocenters. The molecular formula is C60H50N4. The number of benzene rings is 8. The van der Waals surface area contributed by atoms with E-state index in [-0.39, 0.29) is 0 Å². The molecule has 9 rings (SSSR count). The zero-order chi connectivity index (χ0) is 44.0. The SMILES string of the molecule is C=C/C=C(\C=C/C)N(c1ccc(N(c2ccccc2)c2ccc(N(c3ccccc3)c3ccc(C=C)cc3)c(C)c2)cc1)c1ccc2c(c1)c1cc(C=C)ccc1n2-c1ccccc1. The molecule has 0 amide bonds. The first-order valence-electron chi connectivity index (χ1n) is 21.6. The summed E-state index contributed by atoms with van der Waals surface area (Å²) < 4.78 is 2.35. The largest absolute Gasteiger partial charge is 0.310 e. The van der Waals surface area contributed by atoms with Crippen LogP contribution in [0.25, 0.3) is 39.6 Å². The molecule has 0 radical (unpaired) electrons. The van der Waals surface area contributed by atoms with Gasteiger partial charge in [0.2, 0.25) is 0 Å². The fraction of sp³-hybridized carbons (Fsp3) is 0.0333. The molecule has 4 heteroatoms. The van der Waals surface area contributed by atoms with E-state index in [4.69, 9.17) is 0 Å². The molecule has 4 nitrogen and oxygen atoms in total. The Balaban J connectivity index is 1.15. The second kappa shape index (κ2) is 18.3. The van der Waals surface area contributed by atoms with Gasteiger partial charge in [-0.25, -0.2) is 0 Å². The van der Waals surface area contributed by atoms with Gasteiger partial charge in [-0.2, -0.15) is 0 Å². The summed E-state index contributed by atoms with van der Waals surface area (Å²) in [6, 6.07) is 69.2. The molecule has 0 spiro atoms. The molecule has 64 heavy (non-hydrogen) atoms. The minimum Gasteiger partial charge on any atom is -0.310 e. The van der Waals surface area contributed by atoms with Crippen LogP contribution < -0.4 is 14.7 Å². The number of aryl methyl sites for hydroxylation is 1. The van der Waals surface area contributed by atoms with Crippen molar-refractivity contribution in [1.29, 1.82) is 0 Å². The average molecular weight is 827 g/mol. The van der Waals surface area contributed by atoms with E-state index in [2.05, 4.69) is 258 Å². The zero-order valence-corrected chi connectivity index (χ0v) is 36.3. The van der Waals surface area contributed by atoms with Crippen LogP contribution in [0.3, 0.4) is 0 Å². The summed E-state index contributed by atoms with van der Waals surface area (Å²) in [6.45, 7) is 16.4. The van der Waals surface area contributed by atoms with E-state index in [1.807, 2.05) is 25.2 Å². The second-order valence-corrected chi connectivity index (χ2v) is 15.6. The Kier molecular flexibility index (Phi) is 11.8. The van der Waals surface area contributed by atoms with Crippen LogP contribution in [-0.4, -0.2) is 4.57 Å². The van der Waals surface area contributed by atoms with E-state index >= 15 is 0 Å². The Morgan fingerprint density at radius 2 is 0.969 bits per heavy atom. The number of aromatic nitrogens is 1. The number of nitrogens with zero attached hydrogens (tertiary/aromatic N) is 4. The highest BCUT2D eigenvalue weighted by Crippen LogP contribution is 2.43. The lowest BCUT2D eigenvalue weighted by molar-refractivity contribution is 1.17. The van der Waals surface area contributed by atoms with Gasteiger partial charge in [0.1, 0.15) is 0 Å². The van der Waals surface area contributed by atoms with Gasteiger partial charge < -0.3 is 19.3 Å². The second-order valence-electron chi connectivity index (χ2n) is 15.6. The number of hydrogen-bond donors (Lipinski definition) is 0. The Labute approximate surface area is 377 Å². The zero-order valence-electron chi connectivity index (χ0n) is 36.3. The van der Waals surface area contributed by atoms with Gasteiger partial charge in [-0.1, -0.05) is 117 Å². The van der Waals surface area contributed by atoms with Crippen molar-refractivity contribution in [1.82, 2.24) is 4.57 Å². The summed E-state index contributed by atoms with van der Waals surface area (Å²) in [5.74, 6) is 0. The molecule has 0 saturated heterocycles. The van der Waals surface area contributed by atoms with Crippen LogP contribution in [0.1, 0.15) is 23.6 Å². The van der Waals surface area contributed by atoms with E-state index in [1.54, 1.807) is 0 Å². The topological polar surface area (TPSA) is 14.7 Å². The van der Waals surface area contributed by atoms with Gasteiger partial charge in [-0.3, -0.25) is 0 Å². The lowest BCUT2D eigenvalue weighted by Gasteiger charge is -2.30. The van der Waals surface area contributed by atoms with Crippen LogP contribution in [0.15, 0.2) is 244 Å². The molecule has 0 bridgehead atoms. The van der Waals surface area contributed by atoms with Crippen LogP contribution in [0.5, 0.6) is 0 Å². The lowest BCUT2D eigenvalue weighted by Crippen LogP contribution is -2.16. The van der Waals surface area contributed by atoms with Gasteiger partial charge in [0.05, 0.1) is 11.0 Å². The van der Waals surface area contributed by atoms with Gasteiger partial charge in [-0.15, -0.1) is 0 Å². The molecule has 0 aliphatic carbocycles. The predicted molar refractivity (Wildman–Crippen MR) is 277 cm³/mol. The minimum absolute atomic E-state index is 0.997. The summed E-state index contributed by atoms with van der Waals surface area (Å²) in [4.78, 5) is 6.95. The Hall–Kier alpha value is -8.34. The number of hydrogen-bond acceptors (Lipinski definition) is 3. The molecule has 1 heterocycles. The molecule has 0 saturated carbocycles. The predicted octanol–water partition coefficient (Wildman–Crippen LogP) is 17.1. The summed E-state index contributed by atoms with van der Waals surface area (Å²) in [6.07, 6.45) is 11.9. The van der Waals surface area contributed by atoms with E-state index < -0.39 is 0 Å². The van der Waals surface area contributed by atoms with E-state index in [1.165, 1.54) is 5.39 Å². The van der Waals surface area contributed by atoms with Crippen molar-refractivity contribution >= 4 is 79.5 Å². The molecule has 9 aromatic rings. The Morgan fingerprint density at radius 1 is 0.469 bits per heavy atom. The van der Waals surface area contributed by atoms with Gasteiger partial charge in [-0.05, 0) is 164 Å². The van der Waals surface area contributed by atoms with Crippen molar-refractivity contribution in [3.8, 4) is 5.69 Å². The first-order valence-corrected chi connectivity index (χ1v) is 21.6. The van der Waals surface area contributed by atoms with E-state index in [9.17, 15) is 0 Å². The van der Waals surface area contributed by atoms with Crippen molar-refractivity contribution in [2.45, 2.75) is 13.8 Å². The average Bonchev–Trinajstić information content (AvgIpc) is 3.67. The van der Waals surface area contributed by atoms with Crippen molar-refractivity contribution < 1.29 is 0 Å². The maximum atomic E-state index is 4.11. The van der Waals surface area contributed by atoms with Crippen molar-refractivity contribution in [3.05, 3.63) is 261 Å². The number of para-hydroxylation sites is 3. The quantitative estimate of drug-likeness (QED) is 0.102. The van der Waals surface area contributed by atoms with Gasteiger partial charge in [0.25, 0.3) is 0 Å². The number of rotatable bonds is 14. The maximum absolute atomic E-state index is 4.11. The van der Waals surface area contributed by atoms with Crippen LogP contribution in [0.4, 0.5) is 45.5 Å². The molecule has 0 N–H and O–H groups in total. The normalized spacial score (nSPS) is 11.5. The Bertz CT molecular complexity index is 3160. The highest BCUT2D eigenvalue weighted by Gasteiger charge is 2.21. The summed E-state index contributed by atoms with van der Waals surface area (Å²) >= 11 is 0. The third kappa shape index (κ3) is 7.97. The van der Waals surface area contributed by atoms with Crippen LogP contribution >= 0.6 is 0 Å². The molecular weight excluding hydrogens is 777 g/mol. The molecule has 8 aromatic carbocycles. The molecule has 1 aromatic heterocycles. The molecule has 0 fully saturated rings. The number of allylic oxidation sites excluding steroid dienone is 4. The van der Waals surface area contributed by atoms with Crippen LogP contribution in [0, 0.1) is 6.92 Å². The summed E-state index contributed by atoms with van der Waals surface area (Å²) in [7, 11) is 0. The van der Waals surface area contributed by atoms with Crippen LogP contribution in [-0.2, 0) is 0 Å². The fourth-order valence-corrected chi connectivity index (χ4v) is 8.66. The number of fused-ring (bicyclic) bond motifs is 3. The molecule has 0 aliphatic heterocycles. The molecule has 310 valence electrons. The van der Waals surface area contributed by atoms with Crippen molar-refractivity contribution in [2.24, 2.45) is 0 Å². The maximum Gasteiger partial charge on any atom is 0.0542 e. The first-order chi connectivity index (χ1) is 31.5. The van der Waals surface area contributed by atoms with Gasteiger partial charge >= 0.3 is 0 Å². The van der Waals surface area contributed by atoms with Crippen molar-refractivity contribution in [2.75, 3.05) is 14.7 Å². The van der Waals surface area contributed by atoms with Gasteiger partial charge in [0.15, 0.2) is 0 Å². The monoisotopic (exact) mass is 826 g/mol. The molecule has 0 unspecified atom stereocenters. The van der Waals surface area contributed by atoms with Gasteiger partial charge in [0, 0.05) is 67.7 Å². The van der Waals surface area contributed by atoms with Crippen molar-refractivity contribution in [3.63, 3.8) is 0 Å². The van der Waals surface area contributed by atoms with Crippen LogP contribution in [0.2, 0.25) is 0 Å². The number of anilines is 8. The first kappa shape index (κ1) is 41.0. The van der Waals surface area contributed by atoms with E-state index in [0.29, 0.717) is 0 Å². The van der Waals surface area contributed by atoms with E-state index in [0.717, 1.165) is 90.0 Å². The standard InChI is InChI=1S/C60H50N4/c1-6-19-47(20-7-2)61(55-37-40-60-57(43-55)56-42-46(9-4)29-38-59(56)64(60)50-25-17-12-18-26-50)51-32-34-52(35-33-51)62(48-21-13-10-14-22-48)54-36-39-58(44(5)41-54)63(49-23-15-11-16-24-49)53-30-27-45(8-3)28-31-53/h6-43H,1,3-4H2,2,5H3/b20-7-,47-19+. The summed E-state index contributed by atoms with van der Waals surface area (Å²) in [5.41, 5.74) is 16.2. The molecule has 0 aliphatic rings. The highest BCUT2D eigenvalue weighted by atomic mass is 15.2. The smallest absolute Gasteiger partial charge is 0.0542 e. The summed E-state index contributed by atoms with van der Waals surface area (Å²) in [5, 5.41) is 2.33. The highest BCUT2D eigenvalue weighted by molar-refractivity contribution is 6.11. The lowest BCUT2D eigenvalue weighted by atomic mass is 10.1. The minimum atomic E-state index is 0.997. The fourth-order valence-electron chi connectivity index (χ4n) is 8.66.